The van der Waals surface area contributed by atoms with Gasteiger partial charge in [-0.15, -0.1) is 0 Å². The van der Waals surface area contributed by atoms with Crippen molar-refractivity contribution in [2.45, 2.75) is 25.8 Å². The average Bonchev–Trinajstić information content (AvgIpc) is 2.86. The summed E-state index contributed by atoms with van der Waals surface area (Å²) >= 11 is 6.26. The largest absolute Gasteiger partial charge is 0.369 e. The van der Waals surface area contributed by atoms with Crippen LogP contribution in [-0.4, -0.2) is 29.0 Å². The van der Waals surface area contributed by atoms with Crippen molar-refractivity contribution in [3.05, 3.63) is 77.7 Å². The lowest BCUT2D eigenvalue weighted by Crippen LogP contribution is -2.30. The van der Waals surface area contributed by atoms with Crippen LogP contribution in [0.2, 0.25) is 5.02 Å². The molecule has 2 aromatic carbocycles. The summed E-state index contributed by atoms with van der Waals surface area (Å²) in [5.41, 5.74) is 2.83. The standard InChI is InChI=1S/C25H26ClFN6O/c1-2-23(34)30-18-8-6-17(7-9-18)15-28-24-20(26)16-29-25(32-24)31-19-10-11-22(21(27)14-19)33-12-4-3-5-13-33/h2,6-11,14,16H,1,3-5,12-13,15H2,(H,30,34)(H2,28,29,31,32). The zero-order valence-electron chi connectivity index (χ0n) is 18.7. The summed E-state index contributed by atoms with van der Waals surface area (Å²) in [4.78, 5) is 22.1. The Morgan fingerprint density at radius 2 is 1.85 bits per heavy atom. The molecular formula is C25H26ClFN6O. The number of carbonyl (C=O) groups excluding carboxylic acids is 1. The van der Waals surface area contributed by atoms with Crippen LogP contribution in [0.4, 0.5) is 33.2 Å². The van der Waals surface area contributed by atoms with Gasteiger partial charge in [-0.2, -0.15) is 4.98 Å². The molecule has 176 valence electrons. The Bertz CT molecular complexity index is 1160. The van der Waals surface area contributed by atoms with Crippen LogP contribution >= 0.6 is 11.6 Å². The van der Waals surface area contributed by atoms with Gasteiger partial charge in [-0.25, -0.2) is 9.37 Å². The molecule has 0 spiro atoms. The SMILES string of the molecule is C=CC(=O)Nc1ccc(CNc2nc(Nc3ccc(N4CCCCC4)c(F)c3)ncc2Cl)cc1. The first-order chi connectivity index (χ1) is 16.5. The van der Waals surface area contributed by atoms with Crippen molar-refractivity contribution in [2.75, 3.05) is 33.9 Å². The molecule has 0 bridgehead atoms. The zero-order valence-corrected chi connectivity index (χ0v) is 19.4. The summed E-state index contributed by atoms with van der Waals surface area (Å²) in [5.74, 6) is 0.222. The lowest BCUT2D eigenvalue weighted by Gasteiger charge is -2.29. The number of hydrogen-bond acceptors (Lipinski definition) is 6. The Kier molecular flexibility index (Phi) is 7.59. The maximum absolute atomic E-state index is 14.7. The molecule has 0 radical (unpaired) electrons. The van der Waals surface area contributed by atoms with E-state index in [4.69, 9.17) is 11.6 Å². The first-order valence-electron chi connectivity index (χ1n) is 11.1. The van der Waals surface area contributed by atoms with Crippen LogP contribution in [0.5, 0.6) is 0 Å². The molecule has 1 aromatic heterocycles. The van der Waals surface area contributed by atoms with Crippen molar-refractivity contribution in [3.63, 3.8) is 0 Å². The van der Waals surface area contributed by atoms with E-state index >= 15 is 0 Å². The van der Waals surface area contributed by atoms with E-state index in [1.54, 1.807) is 18.2 Å². The summed E-state index contributed by atoms with van der Waals surface area (Å²) in [5, 5.41) is 9.30. The number of nitrogens with zero attached hydrogens (tertiary/aromatic N) is 3. The number of carbonyl (C=O) groups is 1. The highest BCUT2D eigenvalue weighted by atomic mass is 35.5. The molecule has 34 heavy (non-hydrogen) atoms. The van der Waals surface area contributed by atoms with E-state index in [1.807, 2.05) is 18.2 Å². The van der Waals surface area contributed by atoms with Crippen molar-refractivity contribution in [3.8, 4) is 0 Å². The molecule has 7 nitrogen and oxygen atoms in total. The highest BCUT2D eigenvalue weighted by Gasteiger charge is 2.15. The third kappa shape index (κ3) is 6.02. The van der Waals surface area contributed by atoms with E-state index in [0.717, 1.165) is 31.5 Å². The quantitative estimate of drug-likeness (QED) is 0.357. The molecule has 4 rings (SSSR count). The van der Waals surface area contributed by atoms with E-state index in [2.05, 4.69) is 37.4 Å². The predicted octanol–water partition coefficient (Wildman–Crippen LogP) is 5.74. The monoisotopic (exact) mass is 480 g/mol. The topological polar surface area (TPSA) is 82.2 Å². The number of rotatable bonds is 8. The molecule has 1 aliphatic rings. The van der Waals surface area contributed by atoms with Gasteiger partial charge in [0, 0.05) is 31.0 Å². The third-order valence-electron chi connectivity index (χ3n) is 5.51. The van der Waals surface area contributed by atoms with Crippen molar-refractivity contribution in [1.82, 2.24) is 9.97 Å². The summed E-state index contributed by atoms with van der Waals surface area (Å²) in [6, 6.07) is 12.4. The Morgan fingerprint density at radius 1 is 1.12 bits per heavy atom. The average molecular weight is 481 g/mol. The minimum atomic E-state index is -0.271. The molecule has 3 aromatic rings. The smallest absolute Gasteiger partial charge is 0.247 e. The minimum absolute atomic E-state index is 0.264. The van der Waals surface area contributed by atoms with Gasteiger partial charge in [0.05, 0.1) is 11.9 Å². The van der Waals surface area contributed by atoms with Gasteiger partial charge in [0.1, 0.15) is 10.8 Å². The van der Waals surface area contributed by atoms with Crippen LogP contribution in [0.15, 0.2) is 61.3 Å². The van der Waals surface area contributed by atoms with E-state index < -0.39 is 0 Å². The number of anilines is 5. The number of aromatic nitrogens is 2. The minimum Gasteiger partial charge on any atom is -0.369 e. The number of halogens is 2. The Balaban J connectivity index is 1.39. The summed E-state index contributed by atoms with van der Waals surface area (Å²) in [6.45, 7) is 5.66. The second kappa shape index (κ2) is 11.0. The molecule has 1 aliphatic heterocycles. The Morgan fingerprint density at radius 3 is 2.56 bits per heavy atom. The van der Waals surface area contributed by atoms with Gasteiger partial charge in [0.2, 0.25) is 11.9 Å². The van der Waals surface area contributed by atoms with Crippen LogP contribution in [0, 0.1) is 5.82 Å². The Hall–Kier alpha value is -3.65. The number of nitrogens with one attached hydrogen (secondary N) is 3. The van der Waals surface area contributed by atoms with E-state index in [-0.39, 0.29) is 11.7 Å². The van der Waals surface area contributed by atoms with Gasteiger partial charge in [0.25, 0.3) is 0 Å². The van der Waals surface area contributed by atoms with Crippen LogP contribution < -0.4 is 20.9 Å². The molecule has 0 saturated carbocycles. The van der Waals surface area contributed by atoms with E-state index in [9.17, 15) is 9.18 Å². The van der Waals surface area contributed by atoms with Crippen molar-refractivity contribution < 1.29 is 9.18 Å². The van der Waals surface area contributed by atoms with Crippen LogP contribution in [0.1, 0.15) is 24.8 Å². The zero-order chi connectivity index (χ0) is 23.9. The van der Waals surface area contributed by atoms with Crippen molar-refractivity contribution >= 4 is 46.3 Å². The molecule has 0 atom stereocenters. The second-order valence-corrected chi connectivity index (χ2v) is 8.38. The molecule has 1 saturated heterocycles. The lowest BCUT2D eigenvalue weighted by atomic mass is 10.1. The third-order valence-corrected chi connectivity index (χ3v) is 5.79. The van der Waals surface area contributed by atoms with Crippen molar-refractivity contribution in [1.29, 1.82) is 0 Å². The molecular weight excluding hydrogens is 455 g/mol. The fraction of sp³-hybridized carbons (Fsp3) is 0.240. The maximum atomic E-state index is 14.7. The van der Waals surface area contributed by atoms with Gasteiger partial charge in [-0.3, -0.25) is 4.79 Å². The van der Waals surface area contributed by atoms with Gasteiger partial charge >= 0.3 is 0 Å². The van der Waals surface area contributed by atoms with Gasteiger partial charge in [-0.05, 0) is 61.2 Å². The second-order valence-electron chi connectivity index (χ2n) is 7.97. The van der Waals surface area contributed by atoms with Gasteiger partial charge in [0.15, 0.2) is 5.82 Å². The van der Waals surface area contributed by atoms with Gasteiger partial charge < -0.3 is 20.9 Å². The summed E-state index contributed by atoms with van der Waals surface area (Å²) < 4.78 is 14.7. The molecule has 0 unspecified atom stereocenters. The molecule has 2 heterocycles. The van der Waals surface area contributed by atoms with E-state index in [1.165, 1.54) is 24.8 Å². The summed E-state index contributed by atoms with van der Waals surface area (Å²) in [7, 11) is 0. The highest BCUT2D eigenvalue weighted by molar-refractivity contribution is 6.32. The highest BCUT2D eigenvalue weighted by Crippen LogP contribution is 2.27. The van der Waals surface area contributed by atoms with Crippen LogP contribution in [0.3, 0.4) is 0 Å². The van der Waals surface area contributed by atoms with Crippen molar-refractivity contribution in [2.24, 2.45) is 0 Å². The predicted molar refractivity (Wildman–Crippen MR) is 135 cm³/mol. The molecule has 1 fully saturated rings. The molecule has 1 amide bonds. The summed E-state index contributed by atoms with van der Waals surface area (Å²) in [6.07, 6.45) is 6.08. The maximum Gasteiger partial charge on any atom is 0.247 e. The number of hydrogen-bond donors (Lipinski definition) is 3. The van der Waals surface area contributed by atoms with Gasteiger partial charge in [-0.1, -0.05) is 30.3 Å². The fourth-order valence-electron chi connectivity index (χ4n) is 3.74. The fourth-order valence-corrected chi connectivity index (χ4v) is 3.90. The lowest BCUT2D eigenvalue weighted by molar-refractivity contribution is -0.111. The van der Waals surface area contributed by atoms with Crippen LogP contribution in [0.25, 0.3) is 0 Å². The van der Waals surface area contributed by atoms with Crippen LogP contribution in [-0.2, 0) is 11.3 Å². The molecule has 3 N–H and O–H groups in total. The first-order valence-corrected chi connectivity index (χ1v) is 11.5. The Labute approximate surface area is 203 Å². The normalized spacial score (nSPS) is 13.3. The number of benzene rings is 2. The molecule has 0 aliphatic carbocycles. The first kappa shape index (κ1) is 23.5. The van der Waals surface area contributed by atoms with E-state index in [0.29, 0.717) is 40.4 Å². The number of amides is 1. The molecule has 9 heteroatoms. The number of piperidine rings is 1.